The standard InChI is InChI=1S/C19H24N4O/c1-5-14(11-20)19-17(10-16(24-7-3)13-23(19)4)15-8-9-18(21-6-2)22-12-15/h8-10,12-13H,5-7H2,1-4H3,(H,21,22)/b19-14+. The van der Waals surface area contributed by atoms with E-state index in [0.717, 1.165) is 40.5 Å². The molecule has 0 saturated heterocycles. The van der Waals surface area contributed by atoms with Crippen molar-refractivity contribution in [2.75, 3.05) is 25.5 Å². The normalized spacial score (nSPS) is 16.0. The second-order valence-electron chi connectivity index (χ2n) is 5.39. The van der Waals surface area contributed by atoms with Crippen LogP contribution in [0.5, 0.6) is 0 Å². The van der Waals surface area contributed by atoms with Gasteiger partial charge in [-0.15, -0.1) is 0 Å². The topological polar surface area (TPSA) is 61.2 Å². The average molecular weight is 324 g/mol. The van der Waals surface area contributed by atoms with E-state index < -0.39 is 0 Å². The van der Waals surface area contributed by atoms with Gasteiger partial charge in [-0.25, -0.2) is 4.98 Å². The Hall–Kier alpha value is -2.74. The molecule has 2 heterocycles. The zero-order chi connectivity index (χ0) is 17.5. The summed E-state index contributed by atoms with van der Waals surface area (Å²) in [5.74, 6) is 1.62. The van der Waals surface area contributed by atoms with Crippen molar-refractivity contribution in [3.8, 4) is 6.07 Å². The van der Waals surface area contributed by atoms with Crippen molar-refractivity contribution in [2.45, 2.75) is 27.2 Å². The van der Waals surface area contributed by atoms with Crippen LogP contribution in [0.2, 0.25) is 0 Å². The molecule has 1 N–H and O–H groups in total. The van der Waals surface area contributed by atoms with Crippen molar-refractivity contribution in [1.29, 1.82) is 5.26 Å². The van der Waals surface area contributed by atoms with Crippen LogP contribution in [0.25, 0.3) is 5.57 Å². The Bertz CT molecular complexity index is 708. The van der Waals surface area contributed by atoms with Gasteiger partial charge in [0.15, 0.2) is 0 Å². The van der Waals surface area contributed by atoms with Gasteiger partial charge in [-0.05, 0) is 38.5 Å². The van der Waals surface area contributed by atoms with Crippen molar-refractivity contribution < 1.29 is 4.74 Å². The third-order valence-corrected chi connectivity index (χ3v) is 3.73. The fourth-order valence-electron chi connectivity index (χ4n) is 2.67. The molecule has 1 aliphatic rings. The van der Waals surface area contributed by atoms with Gasteiger partial charge >= 0.3 is 0 Å². The summed E-state index contributed by atoms with van der Waals surface area (Å²) in [6.45, 7) is 7.41. The largest absolute Gasteiger partial charge is 0.492 e. The molecule has 2 rings (SSSR count). The molecule has 1 aromatic heterocycles. The quantitative estimate of drug-likeness (QED) is 0.804. The molecular formula is C19H24N4O. The van der Waals surface area contributed by atoms with Crippen LogP contribution in [0.4, 0.5) is 5.82 Å². The summed E-state index contributed by atoms with van der Waals surface area (Å²) >= 11 is 0. The highest BCUT2D eigenvalue weighted by atomic mass is 16.5. The summed E-state index contributed by atoms with van der Waals surface area (Å²) in [6, 6.07) is 6.29. The molecule has 0 atom stereocenters. The van der Waals surface area contributed by atoms with Gasteiger partial charge < -0.3 is 15.0 Å². The number of hydrogen-bond donors (Lipinski definition) is 1. The lowest BCUT2D eigenvalue weighted by Gasteiger charge is -2.28. The predicted molar refractivity (Wildman–Crippen MR) is 96.8 cm³/mol. The maximum Gasteiger partial charge on any atom is 0.136 e. The molecule has 1 aliphatic heterocycles. The highest BCUT2D eigenvalue weighted by Gasteiger charge is 2.21. The predicted octanol–water partition coefficient (Wildman–Crippen LogP) is 3.91. The number of nitrogens with one attached hydrogen (secondary N) is 1. The molecule has 0 amide bonds. The van der Waals surface area contributed by atoms with Gasteiger partial charge in [0.05, 0.1) is 23.9 Å². The van der Waals surface area contributed by atoms with Crippen LogP contribution >= 0.6 is 0 Å². The zero-order valence-corrected chi connectivity index (χ0v) is 14.8. The molecule has 24 heavy (non-hydrogen) atoms. The van der Waals surface area contributed by atoms with Crippen LogP contribution < -0.4 is 5.32 Å². The number of likely N-dealkylation sites (N-methyl/N-ethyl adjacent to an activating group) is 1. The van der Waals surface area contributed by atoms with Gasteiger partial charge in [0.25, 0.3) is 0 Å². The number of pyridine rings is 1. The molecule has 5 heteroatoms. The van der Waals surface area contributed by atoms with E-state index in [1.807, 2.05) is 63.3 Å². The number of nitriles is 1. The third kappa shape index (κ3) is 3.77. The average Bonchev–Trinajstić information content (AvgIpc) is 2.58. The van der Waals surface area contributed by atoms with Gasteiger partial charge in [0, 0.05) is 37.1 Å². The summed E-state index contributed by atoms with van der Waals surface area (Å²) in [6.07, 6.45) is 6.40. The zero-order valence-electron chi connectivity index (χ0n) is 14.8. The number of hydrogen-bond acceptors (Lipinski definition) is 5. The van der Waals surface area contributed by atoms with Crippen molar-refractivity contribution >= 4 is 11.4 Å². The molecule has 0 radical (unpaired) electrons. The molecule has 0 saturated carbocycles. The van der Waals surface area contributed by atoms with Crippen LogP contribution in [-0.4, -0.2) is 30.1 Å². The number of allylic oxidation sites excluding steroid dienone is 3. The van der Waals surface area contributed by atoms with Gasteiger partial charge in [-0.2, -0.15) is 5.26 Å². The third-order valence-electron chi connectivity index (χ3n) is 3.73. The summed E-state index contributed by atoms with van der Waals surface area (Å²) in [4.78, 5) is 6.41. The highest BCUT2D eigenvalue weighted by Crippen LogP contribution is 2.34. The Morgan fingerprint density at radius 1 is 1.33 bits per heavy atom. The molecular weight excluding hydrogens is 300 g/mol. The Morgan fingerprint density at radius 2 is 2.12 bits per heavy atom. The molecule has 0 spiro atoms. The molecule has 0 aliphatic carbocycles. The molecule has 126 valence electrons. The fraction of sp³-hybridized carbons (Fsp3) is 0.368. The lowest BCUT2D eigenvalue weighted by Crippen LogP contribution is -2.19. The summed E-state index contributed by atoms with van der Waals surface area (Å²) in [7, 11) is 1.94. The van der Waals surface area contributed by atoms with Crippen LogP contribution in [0.15, 0.2) is 47.6 Å². The lowest BCUT2D eigenvalue weighted by atomic mass is 9.96. The van der Waals surface area contributed by atoms with Gasteiger partial charge in [0.2, 0.25) is 0 Å². The van der Waals surface area contributed by atoms with Crippen molar-refractivity contribution in [1.82, 2.24) is 9.88 Å². The van der Waals surface area contributed by atoms with Crippen LogP contribution in [0, 0.1) is 11.3 Å². The maximum atomic E-state index is 9.50. The van der Waals surface area contributed by atoms with Gasteiger partial charge in [0.1, 0.15) is 11.6 Å². The van der Waals surface area contributed by atoms with E-state index in [0.29, 0.717) is 13.0 Å². The summed E-state index contributed by atoms with van der Waals surface area (Å²) in [5, 5.41) is 12.7. The Balaban J connectivity index is 2.52. The van der Waals surface area contributed by atoms with Crippen LogP contribution in [0.3, 0.4) is 0 Å². The first-order chi connectivity index (χ1) is 11.6. The van der Waals surface area contributed by atoms with Gasteiger partial charge in [-0.3, -0.25) is 0 Å². The fourth-order valence-corrected chi connectivity index (χ4v) is 2.67. The number of nitrogens with zero attached hydrogens (tertiary/aromatic N) is 3. The van der Waals surface area contributed by atoms with Crippen molar-refractivity contribution in [3.05, 3.63) is 53.2 Å². The maximum absolute atomic E-state index is 9.50. The second-order valence-corrected chi connectivity index (χ2v) is 5.39. The van der Waals surface area contributed by atoms with E-state index in [-0.39, 0.29) is 0 Å². The molecule has 0 unspecified atom stereocenters. The first-order valence-corrected chi connectivity index (χ1v) is 8.27. The lowest BCUT2D eigenvalue weighted by molar-refractivity contribution is 0.235. The van der Waals surface area contributed by atoms with E-state index in [2.05, 4.69) is 16.4 Å². The minimum atomic E-state index is 0.596. The van der Waals surface area contributed by atoms with Gasteiger partial charge in [-0.1, -0.05) is 6.92 Å². The Labute approximate surface area is 144 Å². The second kappa shape index (κ2) is 8.21. The van der Waals surface area contributed by atoms with Crippen molar-refractivity contribution in [3.63, 3.8) is 0 Å². The minimum Gasteiger partial charge on any atom is -0.492 e. The minimum absolute atomic E-state index is 0.596. The van der Waals surface area contributed by atoms with E-state index in [1.54, 1.807) is 0 Å². The summed E-state index contributed by atoms with van der Waals surface area (Å²) in [5.41, 5.74) is 3.56. The van der Waals surface area contributed by atoms with E-state index >= 15 is 0 Å². The number of aromatic nitrogens is 1. The van der Waals surface area contributed by atoms with E-state index in [9.17, 15) is 5.26 Å². The molecule has 5 nitrogen and oxygen atoms in total. The first kappa shape index (κ1) is 17.6. The number of rotatable bonds is 6. The summed E-state index contributed by atoms with van der Waals surface area (Å²) < 4.78 is 5.67. The van der Waals surface area contributed by atoms with E-state index in [1.165, 1.54) is 0 Å². The van der Waals surface area contributed by atoms with Crippen LogP contribution in [0.1, 0.15) is 32.8 Å². The molecule has 0 aromatic carbocycles. The number of anilines is 1. The smallest absolute Gasteiger partial charge is 0.136 e. The monoisotopic (exact) mass is 324 g/mol. The highest BCUT2D eigenvalue weighted by molar-refractivity contribution is 5.83. The molecule has 0 bridgehead atoms. The van der Waals surface area contributed by atoms with E-state index in [4.69, 9.17) is 4.74 Å². The molecule has 1 aromatic rings. The Kier molecular flexibility index (Phi) is 6.02. The van der Waals surface area contributed by atoms with Crippen molar-refractivity contribution in [2.24, 2.45) is 0 Å². The van der Waals surface area contributed by atoms with Crippen LogP contribution in [-0.2, 0) is 4.74 Å². The SMILES string of the molecule is CCNc1ccc(C2=CC(OCC)=CN(C)/C2=C(/C#N)CC)cn1. The molecule has 0 fully saturated rings. The first-order valence-electron chi connectivity index (χ1n) is 8.27. The number of ether oxygens (including phenoxy) is 1. The Morgan fingerprint density at radius 3 is 2.67 bits per heavy atom.